The van der Waals surface area contributed by atoms with Gasteiger partial charge in [0.2, 0.25) is 0 Å². The fourth-order valence-corrected chi connectivity index (χ4v) is 2.00. The molecule has 0 fully saturated rings. The summed E-state index contributed by atoms with van der Waals surface area (Å²) in [7, 11) is 1.15. The minimum Gasteiger partial charge on any atom is -0.0656 e. The Morgan fingerprint density at radius 2 is 0.520 bits per heavy atom. The van der Waals surface area contributed by atoms with E-state index in [2.05, 4.69) is 111 Å². The molecule has 3 heteroatoms. The Hall–Kier alpha value is 1.81. The van der Waals surface area contributed by atoms with Gasteiger partial charge in [-0.1, -0.05) is 122 Å². The SMILES string of the molecule is CC(C)[Si]C(C)C.C[C](C)C.C[C](C)C.C[C](C)C.C[C](C)C.[HH].[HH].[Sn].[Sn]. The fourth-order valence-electron chi connectivity index (χ4n) is 0.667. The Labute approximate surface area is 204 Å². The Balaban J connectivity index is -0.0000000211. The van der Waals surface area contributed by atoms with Gasteiger partial charge in [-0.3, -0.25) is 0 Å². The summed E-state index contributed by atoms with van der Waals surface area (Å²) >= 11 is 0. The van der Waals surface area contributed by atoms with E-state index in [0.29, 0.717) is 0 Å². The molecule has 0 aromatic heterocycles. The Bertz CT molecular complexity index is 135. The Morgan fingerprint density at radius 1 is 0.440 bits per heavy atom. The van der Waals surface area contributed by atoms with E-state index in [1.54, 1.807) is 0 Å². The van der Waals surface area contributed by atoms with E-state index in [0.717, 1.165) is 20.6 Å². The van der Waals surface area contributed by atoms with E-state index >= 15 is 0 Å². The van der Waals surface area contributed by atoms with Gasteiger partial charge in [0.1, 0.15) is 0 Å². The second-order valence-electron chi connectivity index (χ2n) is 8.48. The Morgan fingerprint density at radius 3 is 0.520 bits per heavy atom. The molecule has 0 rings (SSSR count). The summed E-state index contributed by atoms with van der Waals surface area (Å²) in [6, 6.07) is 0. The van der Waals surface area contributed by atoms with Crippen LogP contribution in [0.3, 0.4) is 0 Å². The molecular formula is C22H54SiSn2. The van der Waals surface area contributed by atoms with Gasteiger partial charge in [0.15, 0.2) is 0 Å². The first kappa shape index (κ1) is 45.5. The van der Waals surface area contributed by atoms with Crippen LogP contribution in [0.1, 0.15) is 114 Å². The van der Waals surface area contributed by atoms with Gasteiger partial charge >= 0.3 is 0 Å². The fraction of sp³-hybridized carbons (Fsp3) is 0.818. The van der Waals surface area contributed by atoms with Crippen molar-refractivity contribution in [2.24, 2.45) is 0 Å². The average molecular weight is 584 g/mol. The van der Waals surface area contributed by atoms with Crippen LogP contribution in [-0.2, 0) is 0 Å². The number of rotatable bonds is 2. The standard InChI is InChI=1S/C6H14Si.4C4H9.2Sn.2H2/c1-5(2)7-6(3)4;4*1-4(2)3;;;;/h5-6H,1-4H3;4*1-3H3;;;2*1H. The van der Waals surface area contributed by atoms with E-state index in [-0.39, 0.29) is 50.7 Å². The molecule has 154 valence electrons. The normalized spacial score (nSPS) is 8.88. The van der Waals surface area contributed by atoms with Crippen molar-refractivity contribution in [3.05, 3.63) is 23.7 Å². The van der Waals surface area contributed by atoms with Gasteiger partial charge in [-0.05, 0) is 23.7 Å². The summed E-state index contributed by atoms with van der Waals surface area (Å²) in [4.78, 5) is 0. The topological polar surface area (TPSA) is 0 Å². The van der Waals surface area contributed by atoms with Crippen molar-refractivity contribution in [3.8, 4) is 0 Å². The first-order chi connectivity index (χ1) is 10.1. The third-order valence-electron chi connectivity index (χ3n) is 0.667. The molecule has 0 bridgehead atoms. The predicted octanol–water partition coefficient (Wildman–Crippen LogP) is 8.56. The molecular weight excluding hydrogens is 530 g/mol. The van der Waals surface area contributed by atoms with Crippen molar-refractivity contribution < 1.29 is 2.85 Å². The molecule has 0 aliphatic carbocycles. The van der Waals surface area contributed by atoms with E-state index in [9.17, 15) is 0 Å². The summed E-state index contributed by atoms with van der Waals surface area (Å²) in [6.07, 6.45) is 0. The average Bonchev–Trinajstić information content (AvgIpc) is 2.09. The van der Waals surface area contributed by atoms with Gasteiger partial charge in [-0.25, -0.2) is 0 Å². The van der Waals surface area contributed by atoms with Crippen molar-refractivity contribution >= 4 is 57.3 Å². The van der Waals surface area contributed by atoms with Crippen LogP contribution in [0.25, 0.3) is 0 Å². The summed E-state index contributed by atoms with van der Waals surface area (Å²) in [5, 5.41) is 0. The van der Waals surface area contributed by atoms with Crippen LogP contribution in [-0.4, -0.2) is 57.3 Å². The molecule has 0 saturated carbocycles. The van der Waals surface area contributed by atoms with Crippen molar-refractivity contribution in [1.29, 1.82) is 0 Å². The van der Waals surface area contributed by atoms with Crippen molar-refractivity contribution in [3.63, 3.8) is 0 Å². The van der Waals surface area contributed by atoms with Crippen LogP contribution >= 0.6 is 0 Å². The zero-order valence-corrected chi connectivity index (χ0v) is 27.4. The van der Waals surface area contributed by atoms with E-state index in [4.69, 9.17) is 0 Å². The maximum absolute atomic E-state index is 2.28. The molecule has 0 N–H and O–H groups in total. The molecule has 0 nitrogen and oxygen atoms in total. The van der Waals surface area contributed by atoms with Gasteiger partial charge in [0.05, 0.1) is 0 Å². The van der Waals surface area contributed by atoms with Gasteiger partial charge < -0.3 is 0 Å². The van der Waals surface area contributed by atoms with Crippen LogP contribution in [0.4, 0.5) is 0 Å². The van der Waals surface area contributed by atoms with Gasteiger partial charge in [0.25, 0.3) is 0 Å². The second kappa shape index (κ2) is 36.7. The molecule has 0 aliphatic heterocycles. The molecule has 0 aromatic rings. The van der Waals surface area contributed by atoms with Crippen LogP contribution < -0.4 is 0 Å². The van der Waals surface area contributed by atoms with Crippen LogP contribution in [0, 0.1) is 23.7 Å². The van der Waals surface area contributed by atoms with Crippen LogP contribution in [0.2, 0.25) is 11.1 Å². The summed E-state index contributed by atoms with van der Waals surface area (Å²) < 4.78 is 0. The molecule has 0 aliphatic rings. The largest absolute Gasteiger partial charge is 0.0656 e. The van der Waals surface area contributed by atoms with E-state index < -0.39 is 0 Å². The summed E-state index contributed by atoms with van der Waals surface area (Å²) in [6.45, 7) is 34.1. The summed E-state index contributed by atoms with van der Waals surface area (Å²) in [5.41, 5.74) is 1.81. The molecule has 0 spiro atoms. The van der Waals surface area contributed by atoms with Gasteiger partial charge in [-0.15, -0.1) is 0 Å². The molecule has 0 unspecified atom stereocenters. The Kier molecular flexibility index (Phi) is 66.8. The van der Waals surface area contributed by atoms with E-state index in [1.165, 1.54) is 23.7 Å². The van der Waals surface area contributed by atoms with Crippen LogP contribution in [0.5, 0.6) is 0 Å². The van der Waals surface area contributed by atoms with Crippen molar-refractivity contribution in [2.75, 3.05) is 0 Å². The number of hydrogen-bond donors (Lipinski definition) is 0. The molecule has 0 atom stereocenters. The van der Waals surface area contributed by atoms with E-state index in [1.807, 2.05) is 0 Å². The van der Waals surface area contributed by atoms with Crippen molar-refractivity contribution in [1.82, 2.24) is 0 Å². The van der Waals surface area contributed by atoms with Gasteiger partial charge in [-0.2, -0.15) is 0 Å². The third-order valence-corrected chi connectivity index (χ3v) is 2.00. The van der Waals surface area contributed by atoms with Crippen LogP contribution in [0.15, 0.2) is 0 Å². The molecule has 0 amide bonds. The second-order valence-corrected chi connectivity index (χ2v) is 11.1. The third kappa shape index (κ3) is 433. The molecule has 0 saturated heterocycles. The smallest absolute Gasteiger partial charge is 0.0437 e. The molecule has 0 aromatic carbocycles. The van der Waals surface area contributed by atoms with Gasteiger partial charge in [0, 0.05) is 60.2 Å². The first-order valence-corrected chi connectivity index (χ1v) is 10.0. The quantitative estimate of drug-likeness (QED) is 0.286. The van der Waals surface area contributed by atoms with Crippen molar-refractivity contribution in [2.45, 2.75) is 122 Å². The number of hydrogen-bond acceptors (Lipinski definition) is 0. The predicted molar refractivity (Wildman–Crippen MR) is 133 cm³/mol. The first-order valence-electron chi connectivity index (χ1n) is 8.89. The molecule has 0 heterocycles. The molecule has 25 heavy (non-hydrogen) atoms. The monoisotopic (exact) mass is 586 g/mol. The summed E-state index contributed by atoms with van der Waals surface area (Å²) in [5.74, 6) is 5.67. The minimum absolute atomic E-state index is 0. The maximum atomic E-state index is 2.28. The molecule has 14 radical (unpaired) electrons. The maximum Gasteiger partial charge on any atom is 0.0437 e. The minimum atomic E-state index is 0. The zero-order valence-electron chi connectivity index (χ0n) is 20.7. The zero-order chi connectivity index (χ0) is 20.2.